The molecule has 2 rings (SSSR count). The van der Waals surface area contributed by atoms with Crippen molar-refractivity contribution in [3.63, 3.8) is 0 Å². The van der Waals surface area contributed by atoms with Crippen molar-refractivity contribution in [3.8, 4) is 5.69 Å². The molecule has 0 aliphatic heterocycles. The molecule has 1 heterocycles. The molecule has 0 aliphatic carbocycles. The molecule has 1 aromatic heterocycles. The number of rotatable bonds is 7. The zero-order valence-corrected chi connectivity index (χ0v) is 11.6. The molecule has 5 heteroatoms. The highest BCUT2D eigenvalue weighted by Gasteiger charge is 2.08. The summed E-state index contributed by atoms with van der Waals surface area (Å²) >= 11 is 0. The Morgan fingerprint density at radius 1 is 1.35 bits per heavy atom. The van der Waals surface area contributed by atoms with Gasteiger partial charge in [-0.15, -0.1) is 0 Å². The van der Waals surface area contributed by atoms with Crippen molar-refractivity contribution in [3.05, 3.63) is 48.3 Å². The van der Waals surface area contributed by atoms with E-state index < -0.39 is 5.97 Å². The van der Waals surface area contributed by atoms with Crippen LogP contribution in [0.2, 0.25) is 0 Å². The van der Waals surface area contributed by atoms with Crippen molar-refractivity contribution < 1.29 is 9.90 Å². The molecule has 0 amide bonds. The van der Waals surface area contributed by atoms with Crippen LogP contribution < -0.4 is 0 Å². The first-order chi connectivity index (χ1) is 9.69. The number of nitrogens with zero attached hydrogens (tertiary/aromatic N) is 3. The van der Waals surface area contributed by atoms with Crippen molar-refractivity contribution in [2.24, 2.45) is 0 Å². The van der Waals surface area contributed by atoms with Crippen molar-refractivity contribution in [1.29, 1.82) is 0 Å². The number of carboxylic acids is 1. The molecular weight excluding hydrogens is 254 g/mol. The van der Waals surface area contributed by atoms with Gasteiger partial charge in [0.25, 0.3) is 0 Å². The molecule has 0 saturated carbocycles. The van der Waals surface area contributed by atoms with E-state index in [0.717, 1.165) is 24.3 Å². The van der Waals surface area contributed by atoms with E-state index in [-0.39, 0.29) is 6.42 Å². The number of hydrogen-bond donors (Lipinski definition) is 1. The van der Waals surface area contributed by atoms with Crippen LogP contribution >= 0.6 is 0 Å². The summed E-state index contributed by atoms with van der Waals surface area (Å²) in [5, 5.41) is 13.1. The monoisotopic (exact) mass is 273 g/mol. The number of para-hydroxylation sites is 1. The molecule has 106 valence electrons. The van der Waals surface area contributed by atoms with Gasteiger partial charge in [-0.25, -0.2) is 4.68 Å². The third kappa shape index (κ3) is 3.93. The fourth-order valence-electron chi connectivity index (χ4n) is 2.02. The Morgan fingerprint density at radius 2 is 2.10 bits per heavy atom. The number of carbonyl (C=O) groups is 1. The average Bonchev–Trinajstić information content (AvgIpc) is 2.92. The lowest BCUT2D eigenvalue weighted by molar-refractivity contribution is -0.137. The lowest BCUT2D eigenvalue weighted by Crippen LogP contribution is -2.25. The molecule has 0 atom stereocenters. The number of carboxylic acid groups (broad SMARTS) is 1. The summed E-state index contributed by atoms with van der Waals surface area (Å²) in [5.41, 5.74) is 2.11. The molecule has 1 N–H and O–H groups in total. The van der Waals surface area contributed by atoms with Gasteiger partial charge in [0.05, 0.1) is 18.3 Å². The third-order valence-corrected chi connectivity index (χ3v) is 3.15. The molecule has 0 saturated heterocycles. The van der Waals surface area contributed by atoms with E-state index >= 15 is 0 Å². The van der Waals surface area contributed by atoms with Crippen molar-refractivity contribution in [2.75, 3.05) is 13.1 Å². The second-order valence-corrected chi connectivity index (χ2v) is 4.64. The molecule has 20 heavy (non-hydrogen) atoms. The van der Waals surface area contributed by atoms with Gasteiger partial charge in [0.2, 0.25) is 0 Å². The molecule has 0 bridgehead atoms. The molecule has 2 aromatic rings. The molecule has 0 fully saturated rings. The Labute approximate surface area is 118 Å². The van der Waals surface area contributed by atoms with Crippen molar-refractivity contribution in [1.82, 2.24) is 14.7 Å². The van der Waals surface area contributed by atoms with Gasteiger partial charge in [0, 0.05) is 24.8 Å². The molecule has 0 unspecified atom stereocenters. The van der Waals surface area contributed by atoms with Gasteiger partial charge in [-0.3, -0.25) is 9.69 Å². The van der Waals surface area contributed by atoms with E-state index in [1.54, 1.807) is 0 Å². The number of aromatic nitrogens is 2. The van der Waals surface area contributed by atoms with E-state index in [9.17, 15) is 4.79 Å². The summed E-state index contributed by atoms with van der Waals surface area (Å²) in [6.45, 7) is 4.13. The Balaban J connectivity index is 2.00. The van der Waals surface area contributed by atoms with E-state index in [4.69, 9.17) is 5.11 Å². The van der Waals surface area contributed by atoms with Gasteiger partial charge in [0.1, 0.15) is 0 Å². The SMILES string of the molecule is CCN(CCC(=O)O)Cc1cnn(-c2ccccc2)c1. The van der Waals surface area contributed by atoms with Gasteiger partial charge >= 0.3 is 5.97 Å². The normalized spacial score (nSPS) is 10.9. The Hall–Kier alpha value is -2.14. The minimum absolute atomic E-state index is 0.167. The molecule has 0 spiro atoms. The van der Waals surface area contributed by atoms with Crippen LogP contribution in [0.15, 0.2) is 42.7 Å². The minimum atomic E-state index is -0.761. The zero-order valence-electron chi connectivity index (χ0n) is 11.6. The van der Waals surface area contributed by atoms with Crippen LogP contribution in [0.4, 0.5) is 0 Å². The highest BCUT2D eigenvalue weighted by atomic mass is 16.4. The highest BCUT2D eigenvalue weighted by molar-refractivity contribution is 5.66. The third-order valence-electron chi connectivity index (χ3n) is 3.15. The molecule has 0 radical (unpaired) electrons. The largest absolute Gasteiger partial charge is 0.481 e. The summed E-state index contributed by atoms with van der Waals surface area (Å²) in [6, 6.07) is 9.92. The summed E-state index contributed by atoms with van der Waals surface area (Å²) in [7, 11) is 0. The predicted molar refractivity (Wildman–Crippen MR) is 76.8 cm³/mol. The highest BCUT2D eigenvalue weighted by Crippen LogP contribution is 2.09. The topological polar surface area (TPSA) is 58.4 Å². The van der Waals surface area contributed by atoms with Crippen LogP contribution in [0, 0.1) is 0 Å². The fourth-order valence-corrected chi connectivity index (χ4v) is 2.02. The lowest BCUT2D eigenvalue weighted by Gasteiger charge is -2.18. The van der Waals surface area contributed by atoms with Crippen LogP contribution in [0.1, 0.15) is 18.9 Å². The van der Waals surface area contributed by atoms with E-state index in [0.29, 0.717) is 6.54 Å². The standard InChI is InChI=1S/C15H19N3O2/c1-2-17(9-8-15(19)20)11-13-10-16-18(12-13)14-6-4-3-5-7-14/h3-7,10,12H,2,8-9,11H2,1H3,(H,19,20). The van der Waals surface area contributed by atoms with E-state index in [1.807, 2.05) is 54.3 Å². The quantitative estimate of drug-likeness (QED) is 0.840. The molecule has 1 aromatic carbocycles. The Kier molecular flexibility index (Phi) is 4.90. The van der Waals surface area contributed by atoms with Crippen LogP contribution in [-0.4, -0.2) is 38.8 Å². The maximum absolute atomic E-state index is 10.6. The van der Waals surface area contributed by atoms with Crippen LogP contribution in [0.3, 0.4) is 0 Å². The predicted octanol–water partition coefficient (Wildman–Crippen LogP) is 2.17. The number of aliphatic carboxylic acids is 1. The first-order valence-electron chi connectivity index (χ1n) is 6.72. The van der Waals surface area contributed by atoms with Crippen LogP contribution in [-0.2, 0) is 11.3 Å². The summed E-state index contributed by atoms with van der Waals surface area (Å²) < 4.78 is 1.83. The summed E-state index contributed by atoms with van der Waals surface area (Å²) in [5.74, 6) is -0.761. The van der Waals surface area contributed by atoms with Gasteiger partial charge in [0.15, 0.2) is 0 Å². The second kappa shape index (κ2) is 6.86. The van der Waals surface area contributed by atoms with E-state index in [1.165, 1.54) is 0 Å². The van der Waals surface area contributed by atoms with Crippen molar-refractivity contribution in [2.45, 2.75) is 19.9 Å². The summed E-state index contributed by atoms with van der Waals surface area (Å²) in [4.78, 5) is 12.7. The maximum atomic E-state index is 10.6. The van der Waals surface area contributed by atoms with Crippen molar-refractivity contribution >= 4 is 5.97 Å². The van der Waals surface area contributed by atoms with Gasteiger partial charge in [-0.05, 0) is 18.7 Å². The average molecular weight is 273 g/mol. The smallest absolute Gasteiger partial charge is 0.304 e. The Bertz CT molecular complexity index is 551. The molecular formula is C15H19N3O2. The minimum Gasteiger partial charge on any atom is -0.481 e. The van der Waals surface area contributed by atoms with Crippen LogP contribution in [0.25, 0.3) is 5.69 Å². The van der Waals surface area contributed by atoms with Gasteiger partial charge in [-0.2, -0.15) is 5.10 Å². The number of hydrogen-bond acceptors (Lipinski definition) is 3. The Morgan fingerprint density at radius 3 is 2.75 bits per heavy atom. The maximum Gasteiger partial charge on any atom is 0.304 e. The second-order valence-electron chi connectivity index (χ2n) is 4.64. The van der Waals surface area contributed by atoms with Gasteiger partial charge in [-0.1, -0.05) is 25.1 Å². The molecule has 5 nitrogen and oxygen atoms in total. The van der Waals surface area contributed by atoms with Gasteiger partial charge < -0.3 is 5.11 Å². The zero-order chi connectivity index (χ0) is 14.4. The number of benzene rings is 1. The first-order valence-corrected chi connectivity index (χ1v) is 6.72. The molecule has 0 aliphatic rings. The fraction of sp³-hybridized carbons (Fsp3) is 0.333. The van der Waals surface area contributed by atoms with E-state index in [2.05, 4.69) is 10.00 Å². The van der Waals surface area contributed by atoms with Crippen LogP contribution in [0.5, 0.6) is 0 Å². The first kappa shape index (κ1) is 14.3. The lowest BCUT2D eigenvalue weighted by atomic mass is 10.3. The summed E-state index contributed by atoms with van der Waals surface area (Å²) in [6.07, 6.45) is 3.98.